The third kappa shape index (κ3) is 5.65. The second kappa shape index (κ2) is 7.25. The van der Waals surface area contributed by atoms with E-state index < -0.39 is 0 Å². The number of nitrogens with zero attached hydrogens (tertiary/aromatic N) is 2. The van der Waals surface area contributed by atoms with Gasteiger partial charge in [0.1, 0.15) is 0 Å². The summed E-state index contributed by atoms with van der Waals surface area (Å²) < 4.78 is 4.58. The van der Waals surface area contributed by atoms with E-state index in [0.717, 1.165) is 25.2 Å². The lowest BCUT2D eigenvalue weighted by Crippen LogP contribution is -2.20. The zero-order valence-corrected chi connectivity index (χ0v) is 10.9. The number of halogens is 1. The van der Waals surface area contributed by atoms with Crippen molar-refractivity contribution < 1.29 is 9.53 Å². The molecule has 94 valence electrons. The SMILES string of the molecule is COC(=O)CCCN(C)Cc1cc(Cl)ccn1. The van der Waals surface area contributed by atoms with Gasteiger partial charge in [-0.05, 0) is 32.1 Å². The van der Waals surface area contributed by atoms with Gasteiger partial charge >= 0.3 is 5.97 Å². The van der Waals surface area contributed by atoms with E-state index in [2.05, 4.69) is 14.6 Å². The summed E-state index contributed by atoms with van der Waals surface area (Å²) in [6.07, 6.45) is 2.92. The summed E-state index contributed by atoms with van der Waals surface area (Å²) in [6.45, 7) is 1.55. The third-order valence-electron chi connectivity index (χ3n) is 2.36. The van der Waals surface area contributed by atoms with Gasteiger partial charge in [0.15, 0.2) is 0 Å². The van der Waals surface area contributed by atoms with Crippen molar-refractivity contribution in [1.82, 2.24) is 9.88 Å². The van der Waals surface area contributed by atoms with Crippen LogP contribution < -0.4 is 0 Å². The minimum Gasteiger partial charge on any atom is -0.469 e. The van der Waals surface area contributed by atoms with Crippen LogP contribution >= 0.6 is 11.6 Å². The van der Waals surface area contributed by atoms with Gasteiger partial charge in [-0.3, -0.25) is 9.78 Å². The first kappa shape index (κ1) is 13.9. The largest absolute Gasteiger partial charge is 0.469 e. The topological polar surface area (TPSA) is 42.4 Å². The van der Waals surface area contributed by atoms with Crippen LogP contribution in [0.1, 0.15) is 18.5 Å². The Morgan fingerprint density at radius 3 is 3.00 bits per heavy atom. The molecular formula is C12H17ClN2O2. The normalized spacial score (nSPS) is 10.6. The predicted octanol–water partition coefficient (Wildman–Crippen LogP) is 2.12. The van der Waals surface area contributed by atoms with E-state index in [4.69, 9.17) is 11.6 Å². The monoisotopic (exact) mass is 256 g/mol. The predicted molar refractivity (Wildman–Crippen MR) is 66.8 cm³/mol. The van der Waals surface area contributed by atoms with Crippen molar-refractivity contribution in [3.63, 3.8) is 0 Å². The van der Waals surface area contributed by atoms with Gasteiger partial charge < -0.3 is 9.64 Å². The molecule has 1 rings (SSSR count). The average Bonchev–Trinajstić information content (AvgIpc) is 2.28. The molecule has 0 saturated heterocycles. The van der Waals surface area contributed by atoms with Crippen LogP contribution in [0.3, 0.4) is 0 Å². The zero-order valence-electron chi connectivity index (χ0n) is 10.1. The number of esters is 1. The van der Waals surface area contributed by atoms with E-state index in [1.807, 2.05) is 13.1 Å². The van der Waals surface area contributed by atoms with Gasteiger partial charge in [-0.15, -0.1) is 0 Å². The summed E-state index contributed by atoms with van der Waals surface area (Å²) in [5, 5.41) is 0.693. The summed E-state index contributed by atoms with van der Waals surface area (Å²) in [4.78, 5) is 17.2. The number of methoxy groups -OCH3 is 1. The van der Waals surface area contributed by atoms with Crippen LogP contribution in [0.2, 0.25) is 5.02 Å². The summed E-state index contributed by atoms with van der Waals surface area (Å²) in [5.41, 5.74) is 0.929. The quantitative estimate of drug-likeness (QED) is 0.732. The number of aromatic nitrogens is 1. The van der Waals surface area contributed by atoms with Crippen LogP contribution in [-0.2, 0) is 16.1 Å². The molecule has 0 radical (unpaired) electrons. The molecule has 0 aromatic carbocycles. The number of ether oxygens (including phenoxy) is 1. The third-order valence-corrected chi connectivity index (χ3v) is 2.59. The Morgan fingerprint density at radius 2 is 2.35 bits per heavy atom. The standard InChI is InChI=1S/C12H17ClN2O2/c1-15(7-3-4-12(16)17-2)9-11-8-10(13)5-6-14-11/h5-6,8H,3-4,7,9H2,1-2H3. The Bertz CT molecular complexity index is 371. The average molecular weight is 257 g/mol. The van der Waals surface area contributed by atoms with E-state index in [-0.39, 0.29) is 5.97 Å². The van der Waals surface area contributed by atoms with Crippen molar-refractivity contribution in [2.75, 3.05) is 20.7 Å². The van der Waals surface area contributed by atoms with Crippen molar-refractivity contribution in [3.05, 3.63) is 29.0 Å². The molecule has 0 aliphatic carbocycles. The van der Waals surface area contributed by atoms with Crippen LogP contribution in [0.4, 0.5) is 0 Å². The van der Waals surface area contributed by atoms with Crippen LogP contribution in [0.15, 0.2) is 18.3 Å². The molecule has 0 spiro atoms. The first-order valence-corrected chi connectivity index (χ1v) is 5.85. The molecule has 0 aliphatic heterocycles. The van der Waals surface area contributed by atoms with Gasteiger partial charge in [0.25, 0.3) is 0 Å². The molecular weight excluding hydrogens is 240 g/mol. The number of pyridine rings is 1. The molecule has 1 heterocycles. The maximum absolute atomic E-state index is 10.9. The van der Waals surface area contributed by atoms with Gasteiger partial charge in [-0.25, -0.2) is 0 Å². The lowest BCUT2D eigenvalue weighted by Gasteiger charge is -2.15. The van der Waals surface area contributed by atoms with Gasteiger partial charge in [0.2, 0.25) is 0 Å². The minimum absolute atomic E-state index is 0.167. The fraction of sp³-hybridized carbons (Fsp3) is 0.500. The molecule has 0 atom stereocenters. The molecule has 0 unspecified atom stereocenters. The highest BCUT2D eigenvalue weighted by atomic mass is 35.5. The molecule has 5 heteroatoms. The van der Waals surface area contributed by atoms with Gasteiger partial charge in [-0.1, -0.05) is 11.6 Å². The molecule has 0 aliphatic rings. The Balaban J connectivity index is 2.29. The fourth-order valence-corrected chi connectivity index (χ4v) is 1.67. The van der Waals surface area contributed by atoms with E-state index in [1.54, 1.807) is 12.3 Å². The van der Waals surface area contributed by atoms with Crippen LogP contribution in [0.5, 0.6) is 0 Å². The molecule has 17 heavy (non-hydrogen) atoms. The Labute approximate surface area is 107 Å². The number of hydrogen-bond donors (Lipinski definition) is 0. The molecule has 1 aromatic heterocycles. The Kier molecular flexibility index (Phi) is 5.94. The van der Waals surface area contributed by atoms with E-state index in [0.29, 0.717) is 11.4 Å². The molecule has 0 amide bonds. The number of rotatable bonds is 6. The van der Waals surface area contributed by atoms with E-state index in [1.165, 1.54) is 7.11 Å². The van der Waals surface area contributed by atoms with E-state index in [9.17, 15) is 4.79 Å². The van der Waals surface area contributed by atoms with Crippen LogP contribution in [-0.4, -0.2) is 36.6 Å². The second-order valence-corrected chi connectivity index (χ2v) is 4.32. The smallest absolute Gasteiger partial charge is 0.305 e. The van der Waals surface area contributed by atoms with Crippen molar-refractivity contribution in [3.8, 4) is 0 Å². The van der Waals surface area contributed by atoms with Crippen LogP contribution in [0.25, 0.3) is 0 Å². The summed E-state index contributed by atoms with van der Waals surface area (Å²) in [6, 6.07) is 3.60. The maximum Gasteiger partial charge on any atom is 0.305 e. The van der Waals surface area contributed by atoms with Gasteiger partial charge in [0.05, 0.1) is 12.8 Å². The number of hydrogen-bond acceptors (Lipinski definition) is 4. The first-order chi connectivity index (χ1) is 8.11. The Hall–Kier alpha value is -1.13. The molecule has 1 aromatic rings. The molecule has 0 saturated carbocycles. The fourth-order valence-electron chi connectivity index (χ4n) is 1.49. The highest BCUT2D eigenvalue weighted by Gasteiger charge is 2.04. The van der Waals surface area contributed by atoms with Crippen molar-refractivity contribution in [2.45, 2.75) is 19.4 Å². The van der Waals surface area contributed by atoms with Crippen molar-refractivity contribution in [1.29, 1.82) is 0 Å². The van der Waals surface area contributed by atoms with Gasteiger partial charge in [-0.2, -0.15) is 0 Å². The Morgan fingerprint density at radius 1 is 1.59 bits per heavy atom. The minimum atomic E-state index is -0.167. The van der Waals surface area contributed by atoms with Crippen molar-refractivity contribution >= 4 is 17.6 Å². The van der Waals surface area contributed by atoms with E-state index >= 15 is 0 Å². The summed E-state index contributed by atoms with van der Waals surface area (Å²) in [5.74, 6) is -0.167. The maximum atomic E-state index is 10.9. The highest BCUT2D eigenvalue weighted by molar-refractivity contribution is 6.30. The first-order valence-electron chi connectivity index (χ1n) is 5.47. The lowest BCUT2D eigenvalue weighted by molar-refractivity contribution is -0.140. The summed E-state index contributed by atoms with van der Waals surface area (Å²) in [7, 11) is 3.39. The molecule has 0 bridgehead atoms. The summed E-state index contributed by atoms with van der Waals surface area (Å²) >= 11 is 5.87. The number of carbonyl (C=O) groups excluding carboxylic acids is 1. The lowest BCUT2D eigenvalue weighted by atomic mass is 10.3. The number of carbonyl (C=O) groups is 1. The zero-order chi connectivity index (χ0) is 12.7. The second-order valence-electron chi connectivity index (χ2n) is 3.88. The van der Waals surface area contributed by atoms with Crippen molar-refractivity contribution in [2.24, 2.45) is 0 Å². The molecule has 0 N–H and O–H groups in total. The highest BCUT2D eigenvalue weighted by Crippen LogP contribution is 2.09. The van der Waals surface area contributed by atoms with Crippen LogP contribution in [0, 0.1) is 0 Å². The molecule has 4 nitrogen and oxygen atoms in total. The molecule has 0 fully saturated rings. The van der Waals surface area contributed by atoms with Gasteiger partial charge in [0, 0.05) is 24.2 Å².